The van der Waals surface area contributed by atoms with E-state index in [0.717, 1.165) is 44.7 Å². The van der Waals surface area contributed by atoms with Crippen molar-refractivity contribution in [3.05, 3.63) is 0 Å². The molecule has 0 saturated carbocycles. The summed E-state index contributed by atoms with van der Waals surface area (Å²) in [5.41, 5.74) is -0.426. The largest absolute Gasteiger partial charge is 0.390 e. The minimum atomic E-state index is -0.426. The summed E-state index contributed by atoms with van der Waals surface area (Å²) in [6.07, 6.45) is 6.61. The van der Waals surface area contributed by atoms with Crippen molar-refractivity contribution < 1.29 is 5.11 Å². The number of hydrogen-bond acceptors (Lipinski definition) is 2. The molecule has 1 fully saturated rings. The summed E-state index contributed by atoms with van der Waals surface area (Å²) >= 11 is 5.64. The Morgan fingerprint density at radius 2 is 2.00 bits per heavy atom. The lowest BCUT2D eigenvalue weighted by atomic mass is 9.98. The summed E-state index contributed by atoms with van der Waals surface area (Å²) in [5, 5.41) is 9.94. The van der Waals surface area contributed by atoms with Gasteiger partial charge in [-0.15, -0.1) is 11.6 Å². The van der Waals surface area contributed by atoms with Gasteiger partial charge in [-0.05, 0) is 52.1 Å². The average Bonchev–Trinajstić information content (AvgIpc) is 2.35. The van der Waals surface area contributed by atoms with Gasteiger partial charge in [0.05, 0.1) is 5.60 Å². The maximum Gasteiger partial charge on any atom is 0.0632 e. The van der Waals surface area contributed by atoms with E-state index in [-0.39, 0.29) is 0 Å². The SMILES string of the molecule is CC1(O)CCCN(CCCCCCl)CC1. The minimum absolute atomic E-state index is 0.426. The minimum Gasteiger partial charge on any atom is -0.390 e. The molecular weight excluding hydrogens is 210 g/mol. The van der Waals surface area contributed by atoms with Gasteiger partial charge in [-0.2, -0.15) is 0 Å². The van der Waals surface area contributed by atoms with Crippen LogP contribution in [-0.2, 0) is 0 Å². The highest BCUT2D eigenvalue weighted by molar-refractivity contribution is 6.17. The lowest BCUT2D eigenvalue weighted by Crippen LogP contribution is -2.29. The summed E-state index contributed by atoms with van der Waals surface area (Å²) in [6.45, 7) is 5.34. The third-order valence-electron chi connectivity index (χ3n) is 3.26. The number of aliphatic hydroxyl groups is 1. The highest BCUT2D eigenvalue weighted by atomic mass is 35.5. The standard InChI is InChI=1S/C12H24ClNO/c1-12(15)6-5-10-14(11-7-12)9-4-2-3-8-13/h15H,2-11H2,1H3. The molecule has 0 spiro atoms. The number of nitrogens with zero attached hydrogens (tertiary/aromatic N) is 1. The average molecular weight is 234 g/mol. The first-order chi connectivity index (χ1) is 7.14. The molecule has 1 unspecified atom stereocenters. The Labute approximate surface area is 98.6 Å². The maximum atomic E-state index is 9.94. The third kappa shape index (κ3) is 5.74. The van der Waals surface area contributed by atoms with Gasteiger partial charge in [-0.3, -0.25) is 0 Å². The molecule has 0 aromatic rings. The lowest BCUT2D eigenvalue weighted by Gasteiger charge is -2.22. The van der Waals surface area contributed by atoms with Crippen LogP contribution < -0.4 is 0 Å². The van der Waals surface area contributed by atoms with Crippen molar-refractivity contribution in [2.45, 2.75) is 51.0 Å². The molecule has 0 aromatic heterocycles. The molecule has 1 rings (SSSR count). The molecule has 1 aliphatic heterocycles. The highest BCUT2D eigenvalue weighted by Gasteiger charge is 2.24. The molecule has 3 heteroatoms. The van der Waals surface area contributed by atoms with Gasteiger partial charge in [0.2, 0.25) is 0 Å². The predicted octanol–water partition coefficient (Wildman–Crippen LogP) is 2.63. The van der Waals surface area contributed by atoms with Crippen molar-refractivity contribution in [1.82, 2.24) is 4.90 Å². The predicted molar refractivity (Wildman–Crippen MR) is 65.5 cm³/mol. The number of unbranched alkanes of at least 4 members (excludes halogenated alkanes) is 2. The van der Waals surface area contributed by atoms with Crippen LogP contribution in [0.4, 0.5) is 0 Å². The van der Waals surface area contributed by atoms with Crippen LogP contribution in [0.2, 0.25) is 0 Å². The van der Waals surface area contributed by atoms with Crippen LogP contribution >= 0.6 is 11.6 Å². The van der Waals surface area contributed by atoms with E-state index in [1.165, 1.54) is 19.4 Å². The van der Waals surface area contributed by atoms with Crippen molar-refractivity contribution in [2.24, 2.45) is 0 Å². The van der Waals surface area contributed by atoms with Gasteiger partial charge < -0.3 is 10.0 Å². The van der Waals surface area contributed by atoms with Crippen LogP contribution in [0, 0.1) is 0 Å². The highest BCUT2D eigenvalue weighted by Crippen LogP contribution is 2.21. The van der Waals surface area contributed by atoms with Gasteiger partial charge in [-0.25, -0.2) is 0 Å². The molecule has 0 aromatic carbocycles. The van der Waals surface area contributed by atoms with Crippen molar-refractivity contribution in [1.29, 1.82) is 0 Å². The second-order valence-electron chi connectivity index (χ2n) is 4.94. The molecule has 0 bridgehead atoms. The fraction of sp³-hybridized carbons (Fsp3) is 1.00. The maximum absolute atomic E-state index is 9.94. The summed E-state index contributed by atoms with van der Waals surface area (Å²) in [6, 6.07) is 0. The van der Waals surface area contributed by atoms with E-state index in [4.69, 9.17) is 11.6 Å². The molecule has 0 aliphatic carbocycles. The third-order valence-corrected chi connectivity index (χ3v) is 3.53. The van der Waals surface area contributed by atoms with E-state index >= 15 is 0 Å². The van der Waals surface area contributed by atoms with Gasteiger partial charge in [0.15, 0.2) is 0 Å². The van der Waals surface area contributed by atoms with Crippen LogP contribution in [0.5, 0.6) is 0 Å². The number of hydrogen-bond donors (Lipinski definition) is 1. The second-order valence-corrected chi connectivity index (χ2v) is 5.32. The Hall–Kier alpha value is 0.210. The van der Waals surface area contributed by atoms with Crippen molar-refractivity contribution >= 4 is 11.6 Å². The van der Waals surface area contributed by atoms with Gasteiger partial charge in [-0.1, -0.05) is 6.42 Å². The lowest BCUT2D eigenvalue weighted by molar-refractivity contribution is 0.0446. The molecule has 1 atom stereocenters. The number of likely N-dealkylation sites (tertiary alicyclic amines) is 1. The van der Waals surface area contributed by atoms with Gasteiger partial charge in [0, 0.05) is 12.4 Å². The van der Waals surface area contributed by atoms with Crippen LogP contribution in [-0.4, -0.2) is 41.1 Å². The van der Waals surface area contributed by atoms with E-state index in [1.54, 1.807) is 0 Å². The van der Waals surface area contributed by atoms with E-state index in [2.05, 4.69) is 4.90 Å². The number of rotatable bonds is 5. The molecule has 1 heterocycles. The first kappa shape index (κ1) is 13.3. The normalized spacial score (nSPS) is 29.0. The fourth-order valence-electron chi connectivity index (χ4n) is 2.15. The molecule has 2 nitrogen and oxygen atoms in total. The van der Waals surface area contributed by atoms with Gasteiger partial charge in [0.25, 0.3) is 0 Å². The summed E-state index contributed by atoms with van der Waals surface area (Å²) < 4.78 is 0. The van der Waals surface area contributed by atoms with Crippen molar-refractivity contribution in [3.8, 4) is 0 Å². The molecule has 90 valence electrons. The van der Waals surface area contributed by atoms with E-state index in [0.29, 0.717) is 0 Å². The first-order valence-corrected chi connectivity index (χ1v) is 6.68. The molecule has 1 saturated heterocycles. The summed E-state index contributed by atoms with van der Waals surface area (Å²) in [5.74, 6) is 0.786. The summed E-state index contributed by atoms with van der Waals surface area (Å²) in [4.78, 5) is 2.48. The Morgan fingerprint density at radius 1 is 1.20 bits per heavy atom. The van der Waals surface area contributed by atoms with Crippen LogP contribution in [0.1, 0.15) is 45.4 Å². The first-order valence-electron chi connectivity index (χ1n) is 6.15. The van der Waals surface area contributed by atoms with E-state index in [9.17, 15) is 5.11 Å². The van der Waals surface area contributed by atoms with E-state index < -0.39 is 5.60 Å². The zero-order valence-corrected chi connectivity index (χ0v) is 10.6. The zero-order valence-electron chi connectivity index (χ0n) is 9.84. The second kappa shape index (κ2) is 6.72. The van der Waals surface area contributed by atoms with Crippen LogP contribution in [0.3, 0.4) is 0 Å². The topological polar surface area (TPSA) is 23.5 Å². The monoisotopic (exact) mass is 233 g/mol. The molecule has 15 heavy (non-hydrogen) atoms. The fourth-order valence-corrected chi connectivity index (χ4v) is 2.34. The van der Waals surface area contributed by atoms with Crippen LogP contribution in [0.25, 0.3) is 0 Å². The molecule has 0 amide bonds. The molecular formula is C12H24ClNO. The zero-order chi connectivity index (χ0) is 11.1. The Balaban J connectivity index is 2.14. The molecule has 0 radical (unpaired) electrons. The van der Waals surface area contributed by atoms with Gasteiger partial charge in [0.1, 0.15) is 0 Å². The molecule has 1 aliphatic rings. The summed E-state index contributed by atoms with van der Waals surface area (Å²) in [7, 11) is 0. The van der Waals surface area contributed by atoms with Crippen molar-refractivity contribution in [2.75, 3.05) is 25.5 Å². The molecule has 1 N–H and O–H groups in total. The smallest absolute Gasteiger partial charge is 0.0632 e. The number of halogens is 1. The van der Waals surface area contributed by atoms with E-state index in [1.807, 2.05) is 6.92 Å². The van der Waals surface area contributed by atoms with Crippen LogP contribution in [0.15, 0.2) is 0 Å². The quantitative estimate of drug-likeness (QED) is 0.583. The van der Waals surface area contributed by atoms with Crippen molar-refractivity contribution in [3.63, 3.8) is 0 Å². The van der Waals surface area contributed by atoms with Gasteiger partial charge >= 0.3 is 0 Å². The Morgan fingerprint density at radius 3 is 2.73 bits per heavy atom. The Bertz CT molecular complexity index is 173. The Kier molecular flexibility index (Phi) is 5.95. The number of alkyl halides is 1.